The summed E-state index contributed by atoms with van der Waals surface area (Å²) in [5.74, 6) is -0.133. The number of nitrogens with zero attached hydrogens (tertiary/aromatic N) is 1. The van der Waals surface area contributed by atoms with Gasteiger partial charge in [-0.1, -0.05) is 48.0 Å². The fraction of sp³-hybridized carbons (Fsp3) is 0.333. The van der Waals surface area contributed by atoms with Crippen molar-refractivity contribution in [3.63, 3.8) is 0 Å². The van der Waals surface area contributed by atoms with E-state index >= 15 is 0 Å². The molecule has 29 heavy (non-hydrogen) atoms. The van der Waals surface area contributed by atoms with Crippen molar-refractivity contribution in [3.05, 3.63) is 65.7 Å². The first kappa shape index (κ1) is 21.0. The van der Waals surface area contributed by atoms with Crippen molar-refractivity contribution >= 4 is 22.0 Å². The number of ether oxygens (including phenoxy) is 1. The van der Waals surface area contributed by atoms with Crippen LogP contribution in [0.1, 0.15) is 28.8 Å². The van der Waals surface area contributed by atoms with Gasteiger partial charge in [0.15, 0.2) is 5.78 Å². The smallest absolute Gasteiger partial charge is 0.409 e. The van der Waals surface area contributed by atoms with Crippen molar-refractivity contribution < 1.29 is 26.9 Å². The minimum Gasteiger partial charge on any atom is -0.453 e. The molecule has 0 N–H and O–H groups in total. The van der Waals surface area contributed by atoms with Crippen LogP contribution in [0.3, 0.4) is 0 Å². The highest BCUT2D eigenvalue weighted by molar-refractivity contribution is 7.86. The Morgan fingerprint density at radius 3 is 2.34 bits per heavy atom. The van der Waals surface area contributed by atoms with Crippen molar-refractivity contribution in [3.8, 4) is 0 Å². The van der Waals surface area contributed by atoms with Gasteiger partial charge in [0.25, 0.3) is 10.1 Å². The Labute approximate surface area is 170 Å². The summed E-state index contributed by atoms with van der Waals surface area (Å²) in [6, 6.07) is 14.6. The summed E-state index contributed by atoms with van der Waals surface area (Å²) in [5.41, 5.74) is 1.47. The highest BCUT2D eigenvalue weighted by atomic mass is 32.2. The van der Waals surface area contributed by atoms with Crippen molar-refractivity contribution in [1.29, 1.82) is 0 Å². The van der Waals surface area contributed by atoms with Crippen LogP contribution in [0.5, 0.6) is 0 Å². The second-order valence-corrected chi connectivity index (χ2v) is 8.56. The Bertz CT molecular complexity index is 972. The highest BCUT2D eigenvalue weighted by Crippen LogP contribution is 2.28. The van der Waals surface area contributed by atoms with Crippen LogP contribution in [0, 0.1) is 6.92 Å². The Morgan fingerprint density at radius 2 is 1.72 bits per heavy atom. The number of aryl methyl sites for hydroxylation is 1. The molecule has 0 aromatic heterocycles. The third-order valence-corrected chi connectivity index (χ3v) is 6.25. The molecule has 154 valence electrons. The topological polar surface area (TPSA) is 90.0 Å². The summed E-state index contributed by atoms with van der Waals surface area (Å²) in [4.78, 5) is 26.1. The number of hydrogen-bond acceptors (Lipinski definition) is 6. The summed E-state index contributed by atoms with van der Waals surface area (Å²) in [5, 5.41) is 0. The molecule has 1 heterocycles. The van der Waals surface area contributed by atoms with Gasteiger partial charge in [-0.05, 0) is 25.5 Å². The van der Waals surface area contributed by atoms with Crippen LogP contribution in [0.2, 0.25) is 0 Å². The lowest BCUT2D eigenvalue weighted by molar-refractivity contribution is 0.0912. The molecule has 1 amide bonds. The third-order valence-electron chi connectivity index (χ3n) is 4.87. The van der Waals surface area contributed by atoms with Crippen molar-refractivity contribution in [2.75, 3.05) is 13.7 Å². The van der Waals surface area contributed by atoms with E-state index in [1.165, 1.54) is 24.1 Å². The van der Waals surface area contributed by atoms with Gasteiger partial charge in [-0.15, -0.1) is 0 Å². The van der Waals surface area contributed by atoms with E-state index in [0.717, 1.165) is 5.56 Å². The van der Waals surface area contributed by atoms with Crippen molar-refractivity contribution in [2.24, 2.45) is 0 Å². The first-order valence-electron chi connectivity index (χ1n) is 9.23. The standard InChI is InChI=1S/C21H23NO6S/c1-15-8-10-19(11-9-15)29(25,26)28-18-12-17(22(14-18)21(24)27-2)13-20(23)16-6-4-3-5-7-16/h3-11,17-18H,12-14H2,1-2H3/t17-,18-/m1/s1. The van der Waals surface area contributed by atoms with Gasteiger partial charge in [-0.25, -0.2) is 4.79 Å². The number of hydrogen-bond donors (Lipinski definition) is 0. The number of carbonyl (C=O) groups excluding carboxylic acids is 2. The lowest BCUT2D eigenvalue weighted by Crippen LogP contribution is -2.37. The second kappa shape index (κ2) is 8.75. The van der Waals surface area contributed by atoms with E-state index in [9.17, 15) is 18.0 Å². The van der Waals surface area contributed by atoms with Gasteiger partial charge >= 0.3 is 6.09 Å². The van der Waals surface area contributed by atoms with Gasteiger partial charge in [0.2, 0.25) is 0 Å². The lowest BCUT2D eigenvalue weighted by Gasteiger charge is -2.22. The lowest BCUT2D eigenvalue weighted by atomic mass is 10.0. The van der Waals surface area contributed by atoms with Crippen molar-refractivity contribution in [1.82, 2.24) is 4.90 Å². The van der Waals surface area contributed by atoms with Crippen LogP contribution in [-0.4, -0.2) is 51.0 Å². The molecule has 2 aromatic rings. The van der Waals surface area contributed by atoms with Crippen LogP contribution < -0.4 is 0 Å². The number of likely N-dealkylation sites (tertiary alicyclic amines) is 1. The molecule has 1 saturated heterocycles. The average molecular weight is 417 g/mol. The molecule has 0 bridgehead atoms. The molecule has 0 unspecified atom stereocenters. The SMILES string of the molecule is COC(=O)N1C[C@H](OS(=O)(=O)c2ccc(C)cc2)C[C@@H]1CC(=O)c1ccccc1. The Morgan fingerprint density at radius 1 is 1.07 bits per heavy atom. The molecule has 2 atom stereocenters. The van der Waals surface area contributed by atoms with E-state index in [4.69, 9.17) is 8.92 Å². The monoisotopic (exact) mass is 417 g/mol. The largest absolute Gasteiger partial charge is 0.453 e. The molecule has 0 radical (unpaired) electrons. The highest BCUT2D eigenvalue weighted by Gasteiger charge is 2.40. The average Bonchev–Trinajstić information content (AvgIpc) is 3.09. The van der Waals surface area contributed by atoms with E-state index in [1.54, 1.807) is 36.4 Å². The Hall–Kier alpha value is -2.71. The fourth-order valence-electron chi connectivity index (χ4n) is 3.37. The second-order valence-electron chi connectivity index (χ2n) is 6.99. The summed E-state index contributed by atoms with van der Waals surface area (Å²) in [6.07, 6.45) is -1.09. The van der Waals surface area contributed by atoms with Gasteiger partial charge in [-0.2, -0.15) is 8.42 Å². The number of rotatable bonds is 6. The van der Waals surface area contributed by atoms with Crippen LogP contribution in [0.25, 0.3) is 0 Å². The molecule has 1 fully saturated rings. The Kier molecular flexibility index (Phi) is 6.34. The Balaban J connectivity index is 1.74. The predicted molar refractivity (Wildman–Crippen MR) is 106 cm³/mol. The van der Waals surface area contributed by atoms with Gasteiger partial charge in [-0.3, -0.25) is 8.98 Å². The number of benzene rings is 2. The molecule has 3 rings (SSSR count). The summed E-state index contributed by atoms with van der Waals surface area (Å²) in [7, 11) is -2.74. The maximum Gasteiger partial charge on any atom is 0.409 e. The van der Waals surface area contributed by atoms with Gasteiger partial charge in [0.1, 0.15) is 0 Å². The molecule has 7 nitrogen and oxygen atoms in total. The zero-order valence-corrected chi connectivity index (χ0v) is 17.1. The number of amides is 1. The maximum absolute atomic E-state index is 12.6. The first-order valence-corrected chi connectivity index (χ1v) is 10.6. The van der Waals surface area contributed by atoms with E-state index in [-0.39, 0.29) is 30.1 Å². The minimum atomic E-state index is -3.98. The van der Waals surface area contributed by atoms with Gasteiger partial charge < -0.3 is 9.64 Å². The fourth-order valence-corrected chi connectivity index (χ4v) is 4.45. The molecular weight excluding hydrogens is 394 g/mol. The van der Waals surface area contributed by atoms with Crippen LogP contribution in [0.15, 0.2) is 59.5 Å². The molecule has 1 aliphatic rings. The predicted octanol–water partition coefficient (Wildman–Crippen LogP) is 3.18. The maximum atomic E-state index is 12.6. The normalized spacial score (nSPS) is 19.2. The minimum absolute atomic E-state index is 0.0322. The summed E-state index contributed by atoms with van der Waals surface area (Å²) in [6.45, 7) is 1.89. The molecule has 2 aromatic carbocycles. The quantitative estimate of drug-likeness (QED) is 0.530. The number of ketones is 1. The van der Waals surface area contributed by atoms with Crippen LogP contribution in [0.4, 0.5) is 4.79 Å². The summed E-state index contributed by atoms with van der Waals surface area (Å²) >= 11 is 0. The van der Waals surface area contributed by atoms with Crippen LogP contribution >= 0.6 is 0 Å². The summed E-state index contributed by atoms with van der Waals surface area (Å²) < 4.78 is 35.3. The van der Waals surface area contributed by atoms with E-state index in [0.29, 0.717) is 5.56 Å². The van der Waals surface area contributed by atoms with E-state index < -0.39 is 28.4 Å². The number of carbonyl (C=O) groups is 2. The molecule has 0 saturated carbocycles. The molecular formula is C21H23NO6S. The first-order chi connectivity index (χ1) is 13.8. The molecule has 0 aliphatic carbocycles. The number of Topliss-reactive ketones (excluding diaryl/α,β-unsaturated/α-hetero) is 1. The molecule has 1 aliphatic heterocycles. The van der Waals surface area contributed by atoms with Crippen molar-refractivity contribution in [2.45, 2.75) is 36.8 Å². The van der Waals surface area contributed by atoms with E-state index in [1.807, 2.05) is 13.0 Å². The van der Waals surface area contributed by atoms with Crippen LogP contribution in [-0.2, 0) is 19.0 Å². The van der Waals surface area contributed by atoms with Gasteiger partial charge in [0, 0.05) is 18.0 Å². The number of methoxy groups -OCH3 is 1. The van der Waals surface area contributed by atoms with E-state index in [2.05, 4.69) is 0 Å². The zero-order chi connectivity index (χ0) is 21.0. The molecule has 0 spiro atoms. The zero-order valence-electron chi connectivity index (χ0n) is 16.3. The molecule has 8 heteroatoms. The third kappa shape index (κ3) is 5.02. The van der Waals surface area contributed by atoms with Gasteiger partial charge in [0.05, 0.1) is 24.7 Å².